The van der Waals surface area contributed by atoms with Gasteiger partial charge in [0.1, 0.15) is 6.61 Å². The van der Waals surface area contributed by atoms with Crippen molar-refractivity contribution in [1.82, 2.24) is 5.43 Å². The summed E-state index contributed by atoms with van der Waals surface area (Å²) >= 11 is 0. The molecular weight excluding hydrogens is 308 g/mol. The number of rotatable bonds is 16. The van der Waals surface area contributed by atoms with Crippen LogP contribution in [0.2, 0.25) is 0 Å². The van der Waals surface area contributed by atoms with Gasteiger partial charge in [-0.25, -0.2) is 5.84 Å². The molecule has 0 rings (SSSR count). The fraction of sp³-hybridized carbons (Fsp3) is 0.929. The molecule has 0 radical (unpaired) electrons. The van der Waals surface area contributed by atoms with E-state index in [1.165, 1.54) is 0 Å². The molecule has 0 spiro atoms. The fourth-order valence-electron chi connectivity index (χ4n) is 1.75. The first kappa shape index (κ1) is 22.2. The number of amides is 1. The van der Waals surface area contributed by atoms with E-state index < -0.39 is 12.0 Å². The summed E-state index contributed by atoms with van der Waals surface area (Å²) in [5.74, 6) is 4.49. The van der Waals surface area contributed by atoms with Gasteiger partial charge in [0.15, 0.2) is 0 Å². The Kier molecular flexibility index (Phi) is 15.5. The monoisotopic (exact) mass is 338 g/mol. The number of aliphatic hydroxyl groups excluding tert-OH is 1. The number of ether oxygens (including phenoxy) is 5. The molecule has 0 aromatic rings. The second-order valence-corrected chi connectivity index (χ2v) is 4.97. The number of methoxy groups -OCH3 is 2. The summed E-state index contributed by atoms with van der Waals surface area (Å²) < 4.78 is 25.9. The lowest BCUT2D eigenvalue weighted by Crippen LogP contribution is -2.34. The second kappa shape index (κ2) is 16.1. The van der Waals surface area contributed by atoms with Crippen LogP contribution >= 0.6 is 0 Å². The summed E-state index contributed by atoms with van der Waals surface area (Å²) in [6.07, 6.45) is -0.285. The molecule has 9 heteroatoms. The van der Waals surface area contributed by atoms with E-state index in [9.17, 15) is 9.90 Å². The summed E-state index contributed by atoms with van der Waals surface area (Å²) in [5.41, 5.74) is 1.95. The van der Waals surface area contributed by atoms with Gasteiger partial charge < -0.3 is 28.8 Å². The molecule has 9 nitrogen and oxygen atoms in total. The highest BCUT2D eigenvalue weighted by Crippen LogP contribution is 2.09. The van der Waals surface area contributed by atoms with Crippen molar-refractivity contribution in [3.05, 3.63) is 0 Å². The Morgan fingerprint density at radius 1 is 1.00 bits per heavy atom. The molecule has 0 saturated carbocycles. The van der Waals surface area contributed by atoms with E-state index in [4.69, 9.17) is 29.5 Å². The van der Waals surface area contributed by atoms with Gasteiger partial charge in [0, 0.05) is 20.1 Å². The molecule has 4 N–H and O–H groups in total. The van der Waals surface area contributed by atoms with Gasteiger partial charge in [-0.15, -0.1) is 0 Å². The van der Waals surface area contributed by atoms with Crippen LogP contribution in [0.25, 0.3) is 0 Å². The molecule has 23 heavy (non-hydrogen) atoms. The largest absolute Gasteiger partial charge is 0.391 e. The highest BCUT2D eigenvalue weighted by molar-refractivity contribution is 5.76. The Labute approximate surface area is 137 Å². The Bertz CT molecular complexity index is 270. The highest BCUT2D eigenvalue weighted by Gasteiger charge is 2.16. The topological polar surface area (TPSA) is 122 Å². The van der Waals surface area contributed by atoms with Crippen LogP contribution in [0, 0.1) is 5.92 Å². The lowest BCUT2D eigenvalue weighted by molar-refractivity contribution is -0.127. The van der Waals surface area contributed by atoms with Crippen LogP contribution in [0.3, 0.4) is 0 Å². The third-order valence-corrected chi connectivity index (χ3v) is 2.88. The minimum absolute atomic E-state index is 0.00523. The van der Waals surface area contributed by atoms with Crippen LogP contribution in [-0.2, 0) is 28.5 Å². The Morgan fingerprint density at radius 3 is 2.04 bits per heavy atom. The predicted molar refractivity (Wildman–Crippen MR) is 82.7 cm³/mol. The molecule has 0 aliphatic rings. The first-order valence-electron chi connectivity index (χ1n) is 7.52. The van der Waals surface area contributed by atoms with Crippen LogP contribution in [0.15, 0.2) is 0 Å². The van der Waals surface area contributed by atoms with Crippen molar-refractivity contribution in [2.75, 3.05) is 67.1 Å². The third-order valence-electron chi connectivity index (χ3n) is 2.88. The predicted octanol–water partition coefficient (Wildman–Crippen LogP) is -1.31. The Hall–Kier alpha value is -0.810. The number of hydrogen-bond donors (Lipinski definition) is 3. The molecule has 0 heterocycles. The van der Waals surface area contributed by atoms with Gasteiger partial charge in [-0.05, 0) is 6.42 Å². The van der Waals surface area contributed by atoms with Crippen LogP contribution in [-0.4, -0.2) is 84.2 Å². The van der Waals surface area contributed by atoms with Crippen LogP contribution in [0.4, 0.5) is 0 Å². The molecule has 0 aromatic heterocycles. The number of carbonyl (C=O) groups is 1. The maximum Gasteiger partial charge on any atom is 0.259 e. The smallest absolute Gasteiger partial charge is 0.259 e. The first-order valence-corrected chi connectivity index (χ1v) is 7.52. The number of nitrogens with two attached hydrogens (primary N) is 1. The van der Waals surface area contributed by atoms with Crippen molar-refractivity contribution in [3.63, 3.8) is 0 Å². The minimum atomic E-state index is -0.720. The first-order chi connectivity index (χ1) is 11.1. The molecule has 0 bridgehead atoms. The van der Waals surface area contributed by atoms with E-state index >= 15 is 0 Å². The summed E-state index contributed by atoms with van der Waals surface area (Å²) in [6, 6.07) is 0. The zero-order valence-electron chi connectivity index (χ0n) is 14.0. The summed E-state index contributed by atoms with van der Waals surface area (Å²) in [6.45, 7) is 2.72. The lowest BCUT2D eigenvalue weighted by Gasteiger charge is -2.20. The van der Waals surface area contributed by atoms with Crippen molar-refractivity contribution in [3.8, 4) is 0 Å². The van der Waals surface area contributed by atoms with Gasteiger partial charge in [0.25, 0.3) is 5.91 Å². The van der Waals surface area contributed by atoms with E-state index in [-0.39, 0.29) is 19.1 Å². The van der Waals surface area contributed by atoms with E-state index in [2.05, 4.69) is 0 Å². The average molecular weight is 338 g/mol. The highest BCUT2D eigenvalue weighted by atomic mass is 16.5. The summed E-state index contributed by atoms with van der Waals surface area (Å²) in [5, 5.41) is 9.96. The van der Waals surface area contributed by atoms with Gasteiger partial charge in [-0.2, -0.15) is 0 Å². The maximum absolute atomic E-state index is 10.9. The van der Waals surface area contributed by atoms with Gasteiger partial charge in [0.05, 0.1) is 52.4 Å². The lowest BCUT2D eigenvalue weighted by atomic mass is 10.0. The second-order valence-electron chi connectivity index (χ2n) is 4.97. The number of nitrogens with one attached hydrogen (secondary N) is 1. The van der Waals surface area contributed by atoms with Crippen molar-refractivity contribution < 1.29 is 33.6 Å². The van der Waals surface area contributed by atoms with Crippen molar-refractivity contribution in [1.29, 1.82) is 0 Å². The number of carbonyl (C=O) groups excluding carboxylic acids is 1. The standard InChI is InChI=1S/C14H30N2O7/c1-19-3-5-21-8-12(9-22-6-4-20-2)7-13(17)10-23-11-14(18)16-15/h12-13,17H,3-11,15H2,1-2H3,(H,16,18). The molecule has 1 amide bonds. The molecule has 138 valence electrons. The number of aliphatic hydroxyl groups is 1. The van der Waals surface area contributed by atoms with Crippen LogP contribution in [0.1, 0.15) is 6.42 Å². The average Bonchev–Trinajstić information content (AvgIpc) is 2.55. The van der Waals surface area contributed by atoms with Crippen molar-refractivity contribution in [2.24, 2.45) is 11.8 Å². The van der Waals surface area contributed by atoms with Gasteiger partial charge in [-0.1, -0.05) is 0 Å². The number of hydrogen-bond acceptors (Lipinski definition) is 8. The van der Waals surface area contributed by atoms with E-state index in [1.54, 1.807) is 14.2 Å². The van der Waals surface area contributed by atoms with E-state index in [0.29, 0.717) is 46.1 Å². The molecule has 0 aliphatic carbocycles. The maximum atomic E-state index is 10.9. The molecule has 0 aliphatic heterocycles. The molecule has 1 unspecified atom stereocenters. The molecule has 0 saturated heterocycles. The Morgan fingerprint density at radius 2 is 1.57 bits per heavy atom. The summed E-state index contributed by atoms with van der Waals surface area (Å²) in [4.78, 5) is 10.9. The van der Waals surface area contributed by atoms with Crippen LogP contribution < -0.4 is 11.3 Å². The molecule has 1 atom stereocenters. The van der Waals surface area contributed by atoms with Crippen molar-refractivity contribution >= 4 is 5.91 Å². The quantitative estimate of drug-likeness (QED) is 0.137. The van der Waals surface area contributed by atoms with Gasteiger partial charge in [0.2, 0.25) is 0 Å². The molecule has 0 aromatic carbocycles. The third kappa shape index (κ3) is 14.5. The van der Waals surface area contributed by atoms with Gasteiger partial charge in [-0.3, -0.25) is 10.2 Å². The van der Waals surface area contributed by atoms with Gasteiger partial charge >= 0.3 is 0 Å². The molecule has 0 fully saturated rings. The SMILES string of the molecule is COCCOCC(COCCOC)CC(O)COCC(=O)NN. The molecular formula is C14H30N2O7. The van der Waals surface area contributed by atoms with E-state index in [1.807, 2.05) is 5.43 Å². The number of hydrazine groups is 1. The zero-order chi connectivity index (χ0) is 17.3. The van der Waals surface area contributed by atoms with Crippen molar-refractivity contribution in [2.45, 2.75) is 12.5 Å². The minimum Gasteiger partial charge on any atom is -0.391 e. The van der Waals surface area contributed by atoms with E-state index in [0.717, 1.165) is 0 Å². The summed E-state index contributed by atoms with van der Waals surface area (Å²) in [7, 11) is 3.21. The fourth-order valence-corrected chi connectivity index (χ4v) is 1.75. The normalized spacial score (nSPS) is 12.6. The Balaban J connectivity index is 4.01. The zero-order valence-corrected chi connectivity index (χ0v) is 14.0. The van der Waals surface area contributed by atoms with Crippen LogP contribution in [0.5, 0.6) is 0 Å².